The first-order chi connectivity index (χ1) is 8.37. The molecular formula is C11H19NO6. The highest BCUT2D eigenvalue weighted by Gasteiger charge is 2.13. The molecule has 0 aliphatic rings. The molecule has 0 radical (unpaired) electrons. The summed E-state index contributed by atoms with van der Waals surface area (Å²) >= 11 is 0. The van der Waals surface area contributed by atoms with Crippen LogP contribution in [0.3, 0.4) is 0 Å². The molecule has 0 aromatic rings. The number of rotatable bonds is 5. The topological polar surface area (TPSA) is 95.7 Å². The Morgan fingerprint density at radius 3 is 2.17 bits per heavy atom. The Morgan fingerprint density at radius 1 is 1.33 bits per heavy atom. The van der Waals surface area contributed by atoms with E-state index in [1.807, 2.05) is 0 Å². The average Bonchev–Trinajstić information content (AvgIpc) is 2.28. The maximum atomic E-state index is 10.6. The Bertz CT molecular complexity index is 300. The second kappa shape index (κ2) is 11.6. The molecule has 0 bridgehead atoms. The van der Waals surface area contributed by atoms with E-state index < -0.39 is 10.9 Å². The van der Waals surface area contributed by atoms with E-state index in [0.29, 0.717) is 0 Å². The number of esters is 2. The third kappa shape index (κ3) is 14.1. The summed E-state index contributed by atoms with van der Waals surface area (Å²) in [5.41, 5.74) is 0. The maximum Gasteiger partial charge on any atom is 0.330 e. The Labute approximate surface area is 106 Å². The normalized spacial score (nSPS) is 11.1. The lowest BCUT2D eigenvalue weighted by Gasteiger charge is -2.03. The standard InChI is InChI=1S/C6H11NO4.C5H8O2/c1-5(4-7(9)10)3-6(8)11-2;1-3-4-5(6)7-2/h5H,3-4H2,1-2H3;3-4H,1-2H3/b;4-3+. The lowest BCUT2D eigenvalue weighted by Crippen LogP contribution is -2.15. The number of ether oxygens (including phenoxy) is 2. The third-order valence-corrected chi connectivity index (χ3v) is 1.71. The number of nitro groups is 1. The molecule has 7 heteroatoms. The smallest absolute Gasteiger partial charge is 0.330 e. The molecule has 0 spiro atoms. The van der Waals surface area contributed by atoms with Gasteiger partial charge in [0.2, 0.25) is 6.54 Å². The Morgan fingerprint density at radius 2 is 1.89 bits per heavy atom. The largest absolute Gasteiger partial charge is 0.469 e. The molecule has 0 heterocycles. The SMILES string of the molecule is C/C=C/C(=O)OC.COC(=O)CC(C)C[N+](=O)[O-]. The minimum Gasteiger partial charge on any atom is -0.469 e. The summed E-state index contributed by atoms with van der Waals surface area (Å²) in [6, 6.07) is 0. The molecular weight excluding hydrogens is 242 g/mol. The predicted octanol–water partition coefficient (Wildman–Crippen LogP) is 1.20. The third-order valence-electron chi connectivity index (χ3n) is 1.71. The molecule has 0 aromatic carbocycles. The summed E-state index contributed by atoms with van der Waals surface area (Å²) < 4.78 is 8.61. The second-order valence-corrected chi connectivity index (χ2v) is 3.42. The average molecular weight is 261 g/mol. The highest BCUT2D eigenvalue weighted by molar-refractivity contribution is 5.81. The quantitative estimate of drug-likeness (QED) is 0.319. The van der Waals surface area contributed by atoms with Gasteiger partial charge in [0, 0.05) is 16.9 Å². The van der Waals surface area contributed by atoms with E-state index in [-0.39, 0.29) is 24.9 Å². The molecule has 0 aromatic heterocycles. The van der Waals surface area contributed by atoms with Crippen molar-refractivity contribution < 1.29 is 24.0 Å². The molecule has 0 amide bonds. The van der Waals surface area contributed by atoms with Gasteiger partial charge in [0.1, 0.15) is 0 Å². The van der Waals surface area contributed by atoms with E-state index in [1.165, 1.54) is 20.3 Å². The highest BCUT2D eigenvalue weighted by atomic mass is 16.6. The van der Waals surface area contributed by atoms with Gasteiger partial charge in [-0.3, -0.25) is 14.9 Å². The molecule has 0 aliphatic carbocycles. The molecule has 0 aliphatic heterocycles. The van der Waals surface area contributed by atoms with Gasteiger partial charge in [-0.05, 0) is 6.92 Å². The van der Waals surface area contributed by atoms with Crippen molar-refractivity contribution in [2.75, 3.05) is 20.8 Å². The molecule has 1 atom stereocenters. The zero-order valence-electron chi connectivity index (χ0n) is 11.0. The van der Waals surface area contributed by atoms with Crippen molar-refractivity contribution in [2.45, 2.75) is 20.3 Å². The molecule has 0 saturated carbocycles. The molecule has 104 valence electrons. The van der Waals surface area contributed by atoms with Crippen LogP contribution in [0.25, 0.3) is 0 Å². The molecule has 18 heavy (non-hydrogen) atoms. The van der Waals surface area contributed by atoms with Crippen LogP contribution in [-0.4, -0.2) is 37.6 Å². The van der Waals surface area contributed by atoms with Crippen LogP contribution in [0.1, 0.15) is 20.3 Å². The molecule has 1 unspecified atom stereocenters. The van der Waals surface area contributed by atoms with Crippen molar-refractivity contribution in [2.24, 2.45) is 5.92 Å². The fourth-order valence-electron chi connectivity index (χ4n) is 0.891. The zero-order valence-corrected chi connectivity index (χ0v) is 11.0. The van der Waals surface area contributed by atoms with Crippen LogP contribution >= 0.6 is 0 Å². The van der Waals surface area contributed by atoms with Crippen molar-refractivity contribution in [3.63, 3.8) is 0 Å². The fourth-order valence-corrected chi connectivity index (χ4v) is 0.891. The van der Waals surface area contributed by atoms with E-state index in [9.17, 15) is 19.7 Å². The van der Waals surface area contributed by atoms with Gasteiger partial charge in [0.25, 0.3) is 0 Å². The van der Waals surface area contributed by atoms with Crippen LogP contribution in [0, 0.1) is 16.0 Å². The van der Waals surface area contributed by atoms with Crippen LogP contribution in [0.5, 0.6) is 0 Å². The lowest BCUT2D eigenvalue weighted by molar-refractivity contribution is -0.487. The minimum atomic E-state index is -0.437. The lowest BCUT2D eigenvalue weighted by atomic mass is 10.1. The number of carbonyl (C=O) groups excluding carboxylic acids is 2. The van der Waals surface area contributed by atoms with Gasteiger partial charge < -0.3 is 9.47 Å². The van der Waals surface area contributed by atoms with Gasteiger partial charge in [-0.1, -0.05) is 13.0 Å². The van der Waals surface area contributed by atoms with Gasteiger partial charge in [0.05, 0.1) is 20.6 Å². The maximum absolute atomic E-state index is 10.6. The molecule has 7 nitrogen and oxygen atoms in total. The minimum absolute atomic E-state index is 0.109. The first kappa shape index (κ1) is 18.4. The van der Waals surface area contributed by atoms with Crippen LogP contribution in [0.15, 0.2) is 12.2 Å². The summed E-state index contributed by atoms with van der Waals surface area (Å²) in [5, 5.41) is 9.93. The van der Waals surface area contributed by atoms with Crippen LogP contribution in [0.2, 0.25) is 0 Å². The first-order valence-corrected chi connectivity index (χ1v) is 5.26. The predicted molar refractivity (Wildman–Crippen MR) is 64.5 cm³/mol. The van der Waals surface area contributed by atoms with Gasteiger partial charge in [-0.15, -0.1) is 0 Å². The zero-order chi connectivity index (χ0) is 14.6. The van der Waals surface area contributed by atoms with E-state index in [4.69, 9.17) is 0 Å². The number of hydrogen-bond acceptors (Lipinski definition) is 6. The van der Waals surface area contributed by atoms with Crippen molar-refractivity contribution in [1.29, 1.82) is 0 Å². The summed E-state index contributed by atoms with van der Waals surface area (Å²) in [5.74, 6) is -0.959. The van der Waals surface area contributed by atoms with E-state index in [1.54, 1.807) is 19.9 Å². The number of carbonyl (C=O) groups is 2. The van der Waals surface area contributed by atoms with Gasteiger partial charge in [-0.25, -0.2) is 4.79 Å². The van der Waals surface area contributed by atoms with Crippen LogP contribution < -0.4 is 0 Å². The van der Waals surface area contributed by atoms with E-state index in [2.05, 4.69) is 9.47 Å². The second-order valence-electron chi connectivity index (χ2n) is 3.42. The number of allylic oxidation sites excluding steroid dienone is 1. The molecule has 0 saturated heterocycles. The van der Waals surface area contributed by atoms with Gasteiger partial charge >= 0.3 is 11.9 Å². The van der Waals surface area contributed by atoms with Crippen molar-refractivity contribution in [3.8, 4) is 0 Å². The number of hydrogen-bond donors (Lipinski definition) is 0. The first-order valence-electron chi connectivity index (χ1n) is 5.26. The highest BCUT2D eigenvalue weighted by Crippen LogP contribution is 2.02. The summed E-state index contributed by atoms with van der Waals surface area (Å²) in [7, 11) is 2.61. The van der Waals surface area contributed by atoms with Gasteiger partial charge in [-0.2, -0.15) is 0 Å². The molecule has 0 fully saturated rings. The Hall–Kier alpha value is -1.92. The van der Waals surface area contributed by atoms with Crippen molar-refractivity contribution in [1.82, 2.24) is 0 Å². The number of nitrogens with zero attached hydrogens (tertiary/aromatic N) is 1. The monoisotopic (exact) mass is 261 g/mol. The Kier molecular flexibility index (Phi) is 11.8. The van der Waals surface area contributed by atoms with Crippen LogP contribution in [-0.2, 0) is 19.1 Å². The van der Waals surface area contributed by atoms with E-state index in [0.717, 1.165) is 0 Å². The van der Waals surface area contributed by atoms with E-state index >= 15 is 0 Å². The fraction of sp³-hybridized carbons (Fsp3) is 0.636. The van der Waals surface area contributed by atoms with Crippen molar-refractivity contribution in [3.05, 3.63) is 22.3 Å². The summed E-state index contributed by atoms with van der Waals surface area (Å²) in [6.07, 6.45) is 3.10. The Balaban J connectivity index is 0. The molecule has 0 rings (SSSR count). The summed E-state index contributed by atoms with van der Waals surface area (Å²) in [4.78, 5) is 30.2. The molecule has 0 N–H and O–H groups in total. The van der Waals surface area contributed by atoms with Crippen LogP contribution in [0.4, 0.5) is 0 Å². The number of methoxy groups -OCH3 is 2. The van der Waals surface area contributed by atoms with Gasteiger partial charge in [0.15, 0.2) is 0 Å². The summed E-state index contributed by atoms with van der Waals surface area (Å²) in [6.45, 7) is 3.21. The van der Waals surface area contributed by atoms with Crippen molar-refractivity contribution >= 4 is 11.9 Å².